The number of aromatic nitrogens is 2. The first-order valence-corrected chi connectivity index (χ1v) is 12.0. The van der Waals surface area contributed by atoms with Crippen LogP contribution in [-0.2, 0) is 23.1 Å². The van der Waals surface area contributed by atoms with Gasteiger partial charge in [-0.2, -0.15) is 5.10 Å². The lowest BCUT2D eigenvalue weighted by Crippen LogP contribution is -2.27. The Morgan fingerprint density at radius 1 is 1.14 bits per heavy atom. The summed E-state index contributed by atoms with van der Waals surface area (Å²) in [6.45, 7) is 21.9. The maximum atomic E-state index is 12.2. The van der Waals surface area contributed by atoms with Crippen molar-refractivity contribution in [2.45, 2.75) is 86.3 Å². The predicted octanol–water partition coefficient (Wildman–Crippen LogP) is 7.00. The number of nitrogens with one attached hydrogen (secondary N) is 2. The summed E-state index contributed by atoms with van der Waals surface area (Å²) in [5.41, 5.74) is 4.09. The molecule has 0 aliphatic rings. The molecule has 1 amide bonds. The van der Waals surface area contributed by atoms with E-state index in [1.54, 1.807) is 6.20 Å². The van der Waals surface area contributed by atoms with Crippen molar-refractivity contribution in [2.75, 3.05) is 10.6 Å². The molecule has 1 aromatic carbocycles. The molecule has 0 atom stereocenters. The number of allylic oxidation sites excluding steroid dienone is 1. The van der Waals surface area contributed by atoms with Gasteiger partial charge in [-0.25, -0.2) is 14.5 Å². The number of amides is 1. The SMILES string of the molecule is C=C(C)C(=N/C=C\C)Nc1cc(CCc2cc(NC(=O)OC(C)(C)C)ccc2C)nn1C(C)(C)C. The topological polar surface area (TPSA) is 80.5 Å². The molecule has 35 heavy (non-hydrogen) atoms. The maximum Gasteiger partial charge on any atom is 0.412 e. The van der Waals surface area contributed by atoms with E-state index in [1.165, 1.54) is 0 Å². The highest BCUT2D eigenvalue weighted by molar-refractivity contribution is 6.07. The number of amidine groups is 1. The van der Waals surface area contributed by atoms with Gasteiger partial charge in [0.1, 0.15) is 17.3 Å². The van der Waals surface area contributed by atoms with Crippen molar-refractivity contribution in [3.8, 4) is 0 Å². The second kappa shape index (κ2) is 11.4. The number of hydrogen-bond acceptors (Lipinski definition) is 4. The van der Waals surface area contributed by atoms with Gasteiger partial charge in [0, 0.05) is 18.0 Å². The van der Waals surface area contributed by atoms with E-state index in [4.69, 9.17) is 9.84 Å². The van der Waals surface area contributed by atoms with Gasteiger partial charge in [0.15, 0.2) is 0 Å². The Morgan fingerprint density at radius 2 is 1.83 bits per heavy atom. The molecule has 0 radical (unpaired) electrons. The molecule has 0 spiro atoms. The summed E-state index contributed by atoms with van der Waals surface area (Å²) in [6.07, 6.45) is 4.71. The van der Waals surface area contributed by atoms with Gasteiger partial charge in [-0.15, -0.1) is 0 Å². The molecule has 0 aliphatic heterocycles. The summed E-state index contributed by atoms with van der Waals surface area (Å²) >= 11 is 0. The number of carbonyl (C=O) groups excluding carboxylic acids is 1. The third-order valence-electron chi connectivity index (χ3n) is 5.04. The van der Waals surface area contributed by atoms with Gasteiger partial charge in [0.2, 0.25) is 0 Å². The number of anilines is 2. The predicted molar refractivity (Wildman–Crippen MR) is 146 cm³/mol. The summed E-state index contributed by atoms with van der Waals surface area (Å²) in [6, 6.07) is 7.97. The lowest BCUT2D eigenvalue weighted by molar-refractivity contribution is 0.0636. The molecule has 7 nitrogen and oxygen atoms in total. The average molecular weight is 480 g/mol. The summed E-state index contributed by atoms with van der Waals surface area (Å²) < 4.78 is 7.36. The van der Waals surface area contributed by atoms with Crippen LogP contribution in [0, 0.1) is 6.92 Å². The average Bonchev–Trinajstić information content (AvgIpc) is 3.13. The number of aliphatic imine (C=N–C) groups is 1. The number of aryl methyl sites for hydroxylation is 3. The third-order valence-corrected chi connectivity index (χ3v) is 5.04. The van der Waals surface area contributed by atoms with Gasteiger partial charge >= 0.3 is 6.09 Å². The Labute approximate surface area is 210 Å². The minimum Gasteiger partial charge on any atom is -0.444 e. The third kappa shape index (κ3) is 8.74. The molecule has 0 bridgehead atoms. The molecule has 0 saturated carbocycles. The van der Waals surface area contributed by atoms with E-state index in [9.17, 15) is 4.79 Å². The van der Waals surface area contributed by atoms with E-state index in [2.05, 4.69) is 56.0 Å². The molecule has 0 saturated heterocycles. The van der Waals surface area contributed by atoms with Crippen LogP contribution in [0.25, 0.3) is 0 Å². The van der Waals surface area contributed by atoms with Crippen LogP contribution < -0.4 is 10.6 Å². The monoisotopic (exact) mass is 479 g/mol. The lowest BCUT2D eigenvalue weighted by Gasteiger charge is -2.23. The second-order valence-electron chi connectivity index (χ2n) is 10.7. The first-order valence-electron chi connectivity index (χ1n) is 12.0. The number of carbonyl (C=O) groups is 1. The van der Waals surface area contributed by atoms with Gasteiger partial charge < -0.3 is 10.1 Å². The molecular weight excluding hydrogens is 438 g/mol. The smallest absolute Gasteiger partial charge is 0.412 e. The van der Waals surface area contributed by atoms with Crippen LogP contribution in [0.15, 0.2) is 53.7 Å². The standard InChI is InChI=1S/C28H41N5O2/c1-11-16-29-25(19(2)3)31-24-18-23(32-33(24)27(5,6)7)15-13-21-17-22(14-12-20(21)4)30-26(34)35-28(8,9)10/h11-12,14,16-18H,2,13,15H2,1,3-10H3,(H,29,31)(H,30,34)/b16-11-. The second-order valence-corrected chi connectivity index (χ2v) is 10.7. The number of hydrogen-bond donors (Lipinski definition) is 2. The minimum atomic E-state index is -0.545. The molecule has 1 heterocycles. The van der Waals surface area contributed by atoms with Crippen molar-refractivity contribution in [2.24, 2.45) is 4.99 Å². The summed E-state index contributed by atoms with van der Waals surface area (Å²) in [5.74, 6) is 1.58. The highest BCUT2D eigenvalue weighted by atomic mass is 16.6. The zero-order valence-electron chi connectivity index (χ0n) is 22.7. The van der Waals surface area contributed by atoms with Crippen molar-refractivity contribution in [3.63, 3.8) is 0 Å². The number of nitrogens with zero attached hydrogens (tertiary/aromatic N) is 3. The first kappa shape index (κ1) is 27.9. The Hall–Kier alpha value is -3.35. The van der Waals surface area contributed by atoms with Crippen LogP contribution in [0.2, 0.25) is 0 Å². The van der Waals surface area contributed by atoms with Gasteiger partial charge in [-0.1, -0.05) is 18.7 Å². The Balaban J connectivity index is 2.23. The summed E-state index contributed by atoms with van der Waals surface area (Å²) in [5, 5.41) is 11.1. The largest absolute Gasteiger partial charge is 0.444 e. The van der Waals surface area contributed by atoms with E-state index >= 15 is 0 Å². The zero-order valence-corrected chi connectivity index (χ0v) is 22.7. The van der Waals surface area contributed by atoms with Crippen molar-refractivity contribution in [1.82, 2.24) is 9.78 Å². The van der Waals surface area contributed by atoms with Gasteiger partial charge in [0.05, 0.1) is 11.2 Å². The van der Waals surface area contributed by atoms with Crippen LogP contribution in [-0.4, -0.2) is 27.3 Å². The number of ether oxygens (including phenoxy) is 1. The van der Waals surface area contributed by atoms with E-state index in [0.717, 1.165) is 41.1 Å². The fourth-order valence-electron chi connectivity index (χ4n) is 3.38. The summed E-state index contributed by atoms with van der Waals surface area (Å²) in [4.78, 5) is 16.6. The van der Waals surface area contributed by atoms with Crippen LogP contribution in [0.3, 0.4) is 0 Å². The van der Waals surface area contributed by atoms with Gasteiger partial charge in [-0.3, -0.25) is 5.32 Å². The Morgan fingerprint density at radius 3 is 2.40 bits per heavy atom. The van der Waals surface area contributed by atoms with E-state index < -0.39 is 11.7 Å². The van der Waals surface area contributed by atoms with Crippen LogP contribution >= 0.6 is 0 Å². The number of rotatable bonds is 7. The first-order chi connectivity index (χ1) is 16.2. The maximum absolute atomic E-state index is 12.2. The van der Waals surface area contributed by atoms with Crippen molar-refractivity contribution in [3.05, 3.63) is 65.5 Å². The van der Waals surface area contributed by atoms with Crippen LogP contribution in [0.1, 0.15) is 72.2 Å². The molecule has 0 fully saturated rings. The zero-order chi connectivity index (χ0) is 26.4. The van der Waals surface area contributed by atoms with Crippen LogP contribution in [0.4, 0.5) is 16.3 Å². The summed E-state index contributed by atoms with van der Waals surface area (Å²) in [7, 11) is 0. The van der Waals surface area contributed by atoms with Crippen molar-refractivity contribution < 1.29 is 9.53 Å². The molecule has 0 unspecified atom stereocenters. The Kier molecular flexibility index (Phi) is 9.07. The fraction of sp³-hybridized carbons (Fsp3) is 0.464. The lowest BCUT2D eigenvalue weighted by atomic mass is 10.0. The minimum absolute atomic E-state index is 0.214. The van der Waals surface area contributed by atoms with Crippen molar-refractivity contribution in [1.29, 1.82) is 0 Å². The van der Waals surface area contributed by atoms with Gasteiger partial charge in [0.25, 0.3) is 0 Å². The molecule has 2 rings (SSSR count). The number of benzene rings is 1. The molecule has 2 N–H and O–H groups in total. The molecule has 0 aliphatic carbocycles. The van der Waals surface area contributed by atoms with E-state index in [-0.39, 0.29) is 5.54 Å². The van der Waals surface area contributed by atoms with E-state index in [1.807, 2.05) is 63.6 Å². The molecular formula is C28H41N5O2. The van der Waals surface area contributed by atoms with Crippen molar-refractivity contribution >= 4 is 23.4 Å². The fourth-order valence-corrected chi connectivity index (χ4v) is 3.38. The molecule has 2 aromatic rings. The highest BCUT2D eigenvalue weighted by Gasteiger charge is 2.21. The van der Waals surface area contributed by atoms with Crippen LogP contribution in [0.5, 0.6) is 0 Å². The molecule has 1 aromatic heterocycles. The highest BCUT2D eigenvalue weighted by Crippen LogP contribution is 2.24. The van der Waals surface area contributed by atoms with E-state index in [0.29, 0.717) is 11.5 Å². The quantitative estimate of drug-likeness (QED) is 0.331. The Bertz CT molecular complexity index is 1110. The molecule has 190 valence electrons. The normalized spacial score (nSPS) is 12.7. The molecule has 7 heteroatoms. The van der Waals surface area contributed by atoms with Gasteiger partial charge in [-0.05, 0) is 104 Å².